The standard InChI is InChI=1S/C13H18N2O5/c1-8-5-9(13(17)18)3-4-15(8)12(16)11-6-10(7-19-2)20-14-11/h6,8-9H,3-5,7H2,1-2H3,(H,17,18). The highest BCUT2D eigenvalue weighted by molar-refractivity contribution is 5.92. The van der Waals surface area contributed by atoms with E-state index in [1.165, 1.54) is 7.11 Å². The molecule has 7 nitrogen and oxygen atoms in total. The highest BCUT2D eigenvalue weighted by Gasteiger charge is 2.33. The van der Waals surface area contributed by atoms with Crippen LogP contribution in [0.5, 0.6) is 0 Å². The van der Waals surface area contributed by atoms with Gasteiger partial charge in [-0.1, -0.05) is 5.16 Å². The van der Waals surface area contributed by atoms with Gasteiger partial charge in [0, 0.05) is 25.8 Å². The number of likely N-dealkylation sites (tertiary alicyclic amines) is 1. The number of carbonyl (C=O) groups excluding carboxylic acids is 1. The van der Waals surface area contributed by atoms with E-state index in [9.17, 15) is 9.59 Å². The Hall–Kier alpha value is -1.89. The molecule has 1 aromatic rings. The van der Waals surface area contributed by atoms with E-state index in [4.69, 9.17) is 14.4 Å². The van der Waals surface area contributed by atoms with Gasteiger partial charge in [0.1, 0.15) is 6.61 Å². The summed E-state index contributed by atoms with van der Waals surface area (Å²) < 4.78 is 9.90. The molecule has 0 aromatic carbocycles. The first-order valence-corrected chi connectivity index (χ1v) is 6.51. The second-order valence-corrected chi connectivity index (χ2v) is 5.02. The Morgan fingerprint density at radius 2 is 2.35 bits per heavy atom. The molecule has 0 bridgehead atoms. The molecule has 1 aliphatic rings. The minimum atomic E-state index is -0.798. The second kappa shape index (κ2) is 6.04. The maximum atomic E-state index is 12.3. The number of nitrogens with zero attached hydrogens (tertiary/aromatic N) is 2. The maximum Gasteiger partial charge on any atom is 0.306 e. The van der Waals surface area contributed by atoms with Crippen LogP contribution in [0.2, 0.25) is 0 Å². The fourth-order valence-electron chi connectivity index (χ4n) is 2.47. The molecule has 1 amide bonds. The number of aromatic nitrogens is 1. The minimum absolute atomic E-state index is 0.125. The van der Waals surface area contributed by atoms with E-state index >= 15 is 0 Å². The number of carbonyl (C=O) groups is 2. The molecular formula is C13H18N2O5. The first-order valence-electron chi connectivity index (χ1n) is 6.51. The van der Waals surface area contributed by atoms with Gasteiger partial charge in [-0.2, -0.15) is 0 Å². The van der Waals surface area contributed by atoms with Crippen LogP contribution in [0, 0.1) is 5.92 Å². The summed E-state index contributed by atoms with van der Waals surface area (Å²) in [7, 11) is 1.53. The lowest BCUT2D eigenvalue weighted by Gasteiger charge is -2.35. The summed E-state index contributed by atoms with van der Waals surface area (Å²) in [6, 6.07) is 1.43. The molecule has 7 heteroatoms. The van der Waals surface area contributed by atoms with Crippen molar-refractivity contribution in [3.63, 3.8) is 0 Å². The Morgan fingerprint density at radius 3 is 2.95 bits per heavy atom. The minimum Gasteiger partial charge on any atom is -0.481 e. The number of carboxylic acids is 1. The molecule has 0 radical (unpaired) electrons. The summed E-state index contributed by atoms with van der Waals surface area (Å²) in [5.41, 5.74) is 0.234. The van der Waals surface area contributed by atoms with Gasteiger partial charge in [0.2, 0.25) is 0 Å². The van der Waals surface area contributed by atoms with Gasteiger partial charge in [0.25, 0.3) is 5.91 Å². The zero-order valence-electron chi connectivity index (χ0n) is 11.5. The largest absolute Gasteiger partial charge is 0.481 e. The molecule has 2 heterocycles. The number of aliphatic carboxylic acids is 1. The molecule has 0 saturated carbocycles. The topological polar surface area (TPSA) is 92.9 Å². The number of rotatable bonds is 4. The lowest BCUT2D eigenvalue weighted by atomic mass is 9.91. The summed E-state index contributed by atoms with van der Waals surface area (Å²) in [5, 5.41) is 12.8. The zero-order valence-corrected chi connectivity index (χ0v) is 11.5. The summed E-state index contributed by atoms with van der Waals surface area (Å²) in [6.07, 6.45) is 0.929. The number of piperidine rings is 1. The van der Waals surface area contributed by atoms with Crippen molar-refractivity contribution in [2.45, 2.75) is 32.4 Å². The Kier molecular flexibility index (Phi) is 4.39. The third-order valence-corrected chi connectivity index (χ3v) is 3.55. The third kappa shape index (κ3) is 2.98. The molecule has 2 unspecified atom stereocenters. The number of hydrogen-bond donors (Lipinski definition) is 1. The lowest BCUT2D eigenvalue weighted by Crippen LogP contribution is -2.46. The molecule has 110 valence electrons. The molecule has 1 saturated heterocycles. The average molecular weight is 282 g/mol. The summed E-state index contributed by atoms with van der Waals surface area (Å²) in [6.45, 7) is 2.53. The monoisotopic (exact) mass is 282 g/mol. The molecule has 0 spiro atoms. The normalized spacial score (nSPS) is 22.8. The van der Waals surface area contributed by atoms with Crippen LogP contribution in [0.1, 0.15) is 36.0 Å². The van der Waals surface area contributed by atoms with Crippen LogP contribution in [-0.2, 0) is 16.1 Å². The van der Waals surface area contributed by atoms with Gasteiger partial charge < -0.3 is 19.3 Å². The lowest BCUT2D eigenvalue weighted by molar-refractivity contribution is -0.143. The Balaban J connectivity index is 2.03. The highest BCUT2D eigenvalue weighted by atomic mass is 16.5. The number of methoxy groups -OCH3 is 1. The van der Waals surface area contributed by atoms with Gasteiger partial charge in [-0.05, 0) is 19.8 Å². The van der Waals surface area contributed by atoms with E-state index in [1.807, 2.05) is 6.92 Å². The SMILES string of the molecule is COCc1cc(C(=O)N2CCC(C(=O)O)CC2C)no1. The van der Waals surface area contributed by atoms with Gasteiger partial charge >= 0.3 is 5.97 Å². The van der Waals surface area contributed by atoms with Crippen molar-refractivity contribution in [1.82, 2.24) is 10.1 Å². The maximum absolute atomic E-state index is 12.3. The molecule has 20 heavy (non-hydrogen) atoms. The first kappa shape index (κ1) is 14.5. The molecule has 0 aliphatic carbocycles. The van der Waals surface area contributed by atoms with Gasteiger partial charge in [-0.15, -0.1) is 0 Å². The molecule has 1 N–H and O–H groups in total. The number of carboxylic acid groups (broad SMARTS) is 1. The molecule has 1 aromatic heterocycles. The van der Waals surface area contributed by atoms with Crippen LogP contribution < -0.4 is 0 Å². The number of ether oxygens (including phenoxy) is 1. The highest BCUT2D eigenvalue weighted by Crippen LogP contribution is 2.24. The quantitative estimate of drug-likeness (QED) is 0.890. The van der Waals surface area contributed by atoms with Crippen molar-refractivity contribution < 1.29 is 24.0 Å². The fourth-order valence-corrected chi connectivity index (χ4v) is 2.47. The van der Waals surface area contributed by atoms with E-state index in [1.54, 1.807) is 11.0 Å². The molecule has 1 fully saturated rings. The number of hydrogen-bond acceptors (Lipinski definition) is 5. The number of amides is 1. The van der Waals surface area contributed by atoms with Crippen molar-refractivity contribution in [3.05, 3.63) is 17.5 Å². The van der Waals surface area contributed by atoms with Crippen LogP contribution in [0.4, 0.5) is 0 Å². The Bertz CT molecular complexity index is 499. The predicted octanol–water partition coefficient (Wildman–Crippen LogP) is 1.15. The van der Waals surface area contributed by atoms with Crippen molar-refractivity contribution in [1.29, 1.82) is 0 Å². The zero-order chi connectivity index (χ0) is 14.7. The first-order chi connectivity index (χ1) is 9.52. The third-order valence-electron chi connectivity index (χ3n) is 3.55. The summed E-state index contributed by atoms with van der Waals surface area (Å²) >= 11 is 0. The van der Waals surface area contributed by atoms with Crippen LogP contribution >= 0.6 is 0 Å². The smallest absolute Gasteiger partial charge is 0.306 e. The van der Waals surface area contributed by atoms with Crippen molar-refractivity contribution in [3.8, 4) is 0 Å². The van der Waals surface area contributed by atoms with Gasteiger partial charge in [0.05, 0.1) is 5.92 Å². The Labute approximate surface area is 116 Å². The second-order valence-electron chi connectivity index (χ2n) is 5.02. The molecule has 2 atom stereocenters. The van der Waals surface area contributed by atoms with Crippen LogP contribution in [0.25, 0.3) is 0 Å². The van der Waals surface area contributed by atoms with E-state index < -0.39 is 5.97 Å². The summed E-state index contributed by atoms with van der Waals surface area (Å²) in [4.78, 5) is 24.9. The van der Waals surface area contributed by atoms with E-state index in [0.717, 1.165) is 0 Å². The van der Waals surface area contributed by atoms with E-state index in [2.05, 4.69) is 5.16 Å². The predicted molar refractivity (Wildman–Crippen MR) is 68.1 cm³/mol. The van der Waals surface area contributed by atoms with Crippen molar-refractivity contribution in [2.75, 3.05) is 13.7 Å². The van der Waals surface area contributed by atoms with Crippen LogP contribution in [0.3, 0.4) is 0 Å². The average Bonchev–Trinajstić information content (AvgIpc) is 2.87. The van der Waals surface area contributed by atoms with Crippen LogP contribution in [-0.4, -0.2) is 46.7 Å². The van der Waals surface area contributed by atoms with Gasteiger partial charge in [-0.25, -0.2) is 0 Å². The van der Waals surface area contributed by atoms with Gasteiger partial charge in [0.15, 0.2) is 11.5 Å². The van der Waals surface area contributed by atoms with Gasteiger partial charge in [-0.3, -0.25) is 9.59 Å². The van der Waals surface area contributed by atoms with E-state index in [0.29, 0.717) is 25.1 Å². The van der Waals surface area contributed by atoms with Crippen molar-refractivity contribution >= 4 is 11.9 Å². The molecular weight excluding hydrogens is 264 g/mol. The summed E-state index contributed by atoms with van der Waals surface area (Å²) in [5.74, 6) is -0.917. The van der Waals surface area contributed by atoms with Crippen LogP contribution in [0.15, 0.2) is 10.6 Å². The van der Waals surface area contributed by atoms with Crippen molar-refractivity contribution in [2.24, 2.45) is 5.92 Å². The van der Waals surface area contributed by atoms with E-state index in [-0.39, 0.29) is 30.2 Å². The fraction of sp³-hybridized carbons (Fsp3) is 0.615. The molecule has 1 aliphatic heterocycles. The Morgan fingerprint density at radius 1 is 1.60 bits per heavy atom. The molecule has 2 rings (SSSR count).